The molecule has 0 heterocycles. The van der Waals surface area contributed by atoms with Gasteiger partial charge in [0.05, 0.1) is 0 Å². The number of rotatable bonds is 3. The van der Waals surface area contributed by atoms with Crippen LogP contribution in [-0.2, 0) is 11.3 Å². The van der Waals surface area contributed by atoms with Crippen LogP contribution < -0.4 is 5.43 Å². The summed E-state index contributed by atoms with van der Waals surface area (Å²) in [5.41, 5.74) is 2.93. The number of amidine groups is 1. The molecule has 0 aromatic heterocycles. The molecule has 1 aromatic carbocycles. The van der Waals surface area contributed by atoms with Crippen molar-refractivity contribution in [2.45, 2.75) is 13.5 Å². The molecule has 6 heteroatoms. The van der Waals surface area contributed by atoms with Crippen LogP contribution >= 0.6 is 0 Å². The number of carbonyl (C=O) groups is 1. The molecule has 1 amide bonds. The maximum Gasteiger partial charge on any atom is 0.429 e. The van der Waals surface area contributed by atoms with Crippen LogP contribution in [0.25, 0.3) is 0 Å². The number of hydrogen-bond acceptors (Lipinski definition) is 4. The fourth-order valence-corrected chi connectivity index (χ4v) is 0.896. The Balaban J connectivity index is 2.28. The second-order valence-electron chi connectivity index (χ2n) is 2.96. The SMILES string of the molecule is CC(=N)N=NNC(=O)OCc1ccccc1. The van der Waals surface area contributed by atoms with Crippen molar-refractivity contribution in [3.05, 3.63) is 35.9 Å². The summed E-state index contributed by atoms with van der Waals surface area (Å²) in [5, 5.41) is 13.5. The predicted molar refractivity (Wildman–Crippen MR) is 58.0 cm³/mol. The third-order valence-electron chi connectivity index (χ3n) is 1.55. The van der Waals surface area contributed by atoms with E-state index in [4.69, 9.17) is 10.1 Å². The molecule has 0 spiro atoms. The van der Waals surface area contributed by atoms with Gasteiger partial charge in [0.2, 0.25) is 0 Å². The first kappa shape index (κ1) is 11.8. The first-order chi connectivity index (χ1) is 7.68. The van der Waals surface area contributed by atoms with Gasteiger partial charge in [-0.15, -0.1) is 5.11 Å². The van der Waals surface area contributed by atoms with E-state index < -0.39 is 6.09 Å². The number of nitrogens with one attached hydrogen (secondary N) is 2. The summed E-state index contributed by atoms with van der Waals surface area (Å²) in [5.74, 6) is 0.00311. The normalized spacial score (nSPS) is 10.1. The molecule has 2 N–H and O–H groups in total. The van der Waals surface area contributed by atoms with Gasteiger partial charge in [0.15, 0.2) is 0 Å². The molecule has 1 rings (SSSR count). The zero-order valence-electron chi connectivity index (χ0n) is 8.80. The van der Waals surface area contributed by atoms with Gasteiger partial charge >= 0.3 is 6.09 Å². The van der Waals surface area contributed by atoms with Crippen LogP contribution in [0.1, 0.15) is 12.5 Å². The van der Waals surface area contributed by atoms with E-state index in [9.17, 15) is 4.79 Å². The summed E-state index contributed by atoms with van der Waals surface area (Å²) in [6.07, 6.45) is -0.700. The summed E-state index contributed by atoms with van der Waals surface area (Å²) in [4.78, 5) is 11.0. The van der Waals surface area contributed by atoms with Gasteiger partial charge in [-0.3, -0.25) is 5.41 Å². The lowest BCUT2D eigenvalue weighted by atomic mass is 10.2. The van der Waals surface area contributed by atoms with E-state index >= 15 is 0 Å². The van der Waals surface area contributed by atoms with E-state index in [1.807, 2.05) is 35.8 Å². The highest BCUT2D eigenvalue weighted by Crippen LogP contribution is 2.00. The molecular weight excluding hydrogens is 208 g/mol. The summed E-state index contributed by atoms with van der Waals surface area (Å²) in [7, 11) is 0. The Morgan fingerprint density at radius 1 is 1.44 bits per heavy atom. The molecule has 0 saturated heterocycles. The first-order valence-electron chi connectivity index (χ1n) is 4.61. The molecule has 1 aromatic rings. The summed E-state index contributed by atoms with van der Waals surface area (Å²) < 4.78 is 4.84. The Kier molecular flexibility index (Phi) is 4.65. The van der Waals surface area contributed by atoms with Crippen LogP contribution in [0.15, 0.2) is 40.7 Å². The van der Waals surface area contributed by atoms with Crippen molar-refractivity contribution in [3.63, 3.8) is 0 Å². The first-order valence-corrected chi connectivity index (χ1v) is 4.61. The van der Waals surface area contributed by atoms with Crippen molar-refractivity contribution in [3.8, 4) is 0 Å². The van der Waals surface area contributed by atoms with Gasteiger partial charge in [0, 0.05) is 0 Å². The smallest absolute Gasteiger partial charge is 0.429 e. The third kappa shape index (κ3) is 4.85. The topological polar surface area (TPSA) is 86.9 Å². The average molecular weight is 220 g/mol. The highest BCUT2D eigenvalue weighted by molar-refractivity contribution is 5.76. The highest BCUT2D eigenvalue weighted by Gasteiger charge is 2.00. The van der Waals surface area contributed by atoms with Gasteiger partial charge in [-0.1, -0.05) is 35.6 Å². The zero-order valence-corrected chi connectivity index (χ0v) is 8.80. The monoisotopic (exact) mass is 220 g/mol. The largest absolute Gasteiger partial charge is 0.443 e. The Morgan fingerprint density at radius 3 is 2.75 bits per heavy atom. The van der Waals surface area contributed by atoms with Crippen LogP contribution in [0, 0.1) is 5.41 Å². The van der Waals surface area contributed by atoms with Gasteiger partial charge in [0.1, 0.15) is 12.4 Å². The predicted octanol–water partition coefficient (Wildman–Crippen LogP) is 2.28. The second kappa shape index (κ2) is 6.28. The number of ether oxygens (including phenoxy) is 1. The summed E-state index contributed by atoms with van der Waals surface area (Å²) in [6, 6.07) is 9.28. The van der Waals surface area contributed by atoms with Crippen LogP contribution in [0.2, 0.25) is 0 Å². The van der Waals surface area contributed by atoms with E-state index in [1.165, 1.54) is 6.92 Å². The Bertz CT molecular complexity index is 389. The molecule has 84 valence electrons. The zero-order chi connectivity index (χ0) is 11.8. The minimum Gasteiger partial charge on any atom is -0.443 e. The molecule has 0 atom stereocenters. The fourth-order valence-electron chi connectivity index (χ4n) is 0.896. The lowest BCUT2D eigenvalue weighted by Gasteiger charge is -2.02. The number of carbonyl (C=O) groups excluding carboxylic acids is 1. The van der Waals surface area contributed by atoms with E-state index in [0.717, 1.165) is 5.56 Å². The van der Waals surface area contributed by atoms with Gasteiger partial charge in [0.25, 0.3) is 0 Å². The molecule has 0 bridgehead atoms. The number of hydrogen-bond donors (Lipinski definition) is 2. The average Bonchev–Trinajstić information content (AvgIpc) is 2.27. The molecule has 0 aliphatic carbocycles. The van der Waals surface area contributed by atoms with Crippen molar-refractivity contribution in [1.29, 1.82) is 5.41 Å². The van der Waals surface area contributed by atoms with Crippen molar-refractivity contribution in [2.24, 2.45) is 10.3 Å². The standard InChI is InChI=1S/C10H12N4O2/c1-8(11)12-14-13-10(15)16-7-9-5-3-2-4-6-9/h2-6H,7H2,1H3,(H2,11,12,13,15). The van der Waals surface area contributed by atoms with Crippen LogP contribution in [0.5, 0.6) is 0 Å². The maximum absolute atomic E-state index is 11.0. The third-order valence-corrected chi connectivity index (χ3v) is 1.55. The number of amides is 1. The van der Waals surface area contributed by atoms with Crippen molar-refractivity contribution >= 4 is 11.9 Å². The van der Waals surface area contributed by atoms with Crippen molar-refractivity contribution in [1.82, 2.24) is 5.43 Å². The van der Waals surface area contributed by atoms with Crippen molar-refractivity contribution in [2.75, 3.05) is 0 Å². The molecule has 0 saturated carbocycles. The number of benzene rings is 1. The lowest BCUT2D eigenvalue weighted by Crippen LogP contribution is -2.18. The van der Waals surface area contributed by atoms with Gasteiger partial charge < -0.3 is 4.74 Å². The highest BCUT2D eigenvalue weighted by atomic mass is 16.6. The minimum atomic E-state index is -0.700. The molecular formula is C10H12N4O2. The van der Waals surface area contributed by atoms with E-state index in [1.54, 1.807) is 0 Å². The summed E-state index contributed by atoms with van der Waals surface area (Å²) >= 11 is 0. The van der Waals surface area contributed by atoms with E-state index in [-0.39, 0.29) is 12.4 Å². The maximum atomic E-state index is 11.0. The van der Waals surface area contributed by atoms with Crippen LogP contribution in [-0.4, -0.2) is 11.9 Å². The molecule has 0 aliphatic rings. The van der Waals surface area contributed by atoms with Gasteiger partial charge in [-0.25, -0.2) is 4.79 Å². The van der Waals surface area contributed by atoms with Gasteiger partial charge in [-0.05, 0) is 12.5 Å². The van der Waals surface area contributed by atoms with Gasteiger partial charge in [-0.2, -0.15) is 5.43 Å². The molecule has 0 fully saturated rings. The molecule has 6 nitrogen and oxygen atoms in total. The molecule has 16 heavy (non-hydrogen) atoms. The van der Waals surface area contributed by atoms with Crippen LogP contribution in [0.3, 0.4) is 0 Å². The Labute approximate surface area is 92.8 Å². The fraction of sp³-hybridized carbons (Fsp3) is 0.200. The quantitative estimate of drug-likeness (QED) is 0.354. The number of nitrogens with zero attached hydrogens (tertiary/aromatic N) is 2. The van der Waals surface area contributed by atoms with E-state index in [2.05, 4.69) is 10.3 Å². The lowest BCUT2D eigenvalue weighted by molar-refractivity contribution is 0.139. The minimum absolute atomic E-state index is 0.00311. The summed E-state index contributed by atoms with van der Waals surface area (Å²) in [6.45, 7) is 1.62. The van der Waals surface area contributed by atoms with E-state index in [0.29, 0.717) is 0 Å². The van der Waals surface area contributed by atoms with Crippen LogP contribution in [0.4, 0.5) is 4.79 Å². The Morgan fingerprint density at radius 2 is 2.12 bits per heavy atom. The molecule has 0 unspecified atom stereocenters. The van der Waals surface area contributed by atoms with Crippen molar-refractivity contribution < 1.29 is 9.53 Å². The molecule has 0 aliphatic heterocycles. The second-order valence-corrected chi connectivity index (χ2v) is 2.96. The Hall–Kier alpha value is -2.24. The molecule has 0 radical (unpaired) electrons.